The van der Waals surface area contributed by atoms with Gasteiger partial charge in [0.2, 0.25) is 0 Å². The molecule has 0 N–H and O–H groups in total. The zero-order chi connectivity index (χ0) is 18.1. The number of nitrogens with zero attached hydrogens (tertiary/aromatic N) is 4. The number of aromatic nitrogens is 3. The largest absolute Gasteiger partial charge is 0.466 e. The van der Waals surface area contributed by atoms with Crippen LogP contribution in [0, 0.1) is 10.7 Å². The lowest BCUT2D eigenvalue weighted by atomic mass is 9.99. The Bertz CT molecular complexity index is 823. The molecule has 0 aromatic carbocycles. The molecule has 1 saturated heterocycles. The standard InChI is InChI=1S/C18H24N4O2S2/c1-2-24-17(23)13-5-3-9-20(11-13)12-21-18(25)22(14-7-8-14)16(19-21)15-6-4-10-26-15/h4,6,10,13-14H,2-3,5,7-9,11-12H2,1H3/t13-/m1/s1. The molecule has 2 fully saturated rings. The molecule has 4 rings (SSSR count). The summed E-state index contributed by atoms with van der Waals surface area (Å²) in [6.45, 7) is 4.60. The van der Waals surface area contributed by atoms with Crippen LogP contribution in [-0.4, -0.2) is 44.9 Å². The van der Waals surface area contributed by atoms with E-state index in [1.807, 2.05) is 17.7 Å². The topological polar surface area (TPSA) is 52.3 Å². The zero-order valence-corrected chi connectivity index (χ0v) is 16.6. The van der Waals surface area contributed by atoms with Crippen molar-refractivity contribution in [3.63, 3.8) is 0 Å². The van der Waals surface area contributed by atoms with Crippen LogP contribution in [0.15, 0.2) is 17.5 Å². The fraction of sp³-hybridized carbons (Fsp3) is 0.611. The minimum Gasteiger partial charge on any atom is -0.466 e. The molecular formula is C18H24N4O2S2. The lowest BCUT2D eigenvalue weighted by Crippen LogP contribution is -2.40. The van der Waals surface area contributed by atoms with Crippen LogP contribution >= 0.6 is 23.6 Å². The second-order valence-electron chi connectivity index (χ2n) is 6.99. The maximum atomic E-state index is 12.1. The Morgan fingerprint density at radius 1 is 1.42 bits per heavy atom. The van der Waals surface area contributed by atoms with Gasteiger partial charge in [0.05, 0.1) is 24.1 Å². The summed E-state index contributed by atoms with van der Waals surface area (Å²) >= 11 is 7.44. The van der Waals surface area contributed by atoms with Crippen LogP contribution in [0.4, 0.5) is 0 Å². The van der Waals surface area contributed by atoms with Crippen molar-refractivity contribution >= 4 is 29.5 Å². The Morgan fingerprint density at radius 3 is 2.96 bits per heavy atom. The smallest absolute Gasteiger partial charge is 0.310 e. The SMILES string of the molecule is CCOC(=O)[C@@H]1CCCN(Cn2nc(-c3cccs3)n(C3CC3)c2=S)C1. The molecular weight excluding hydrogens is 368 g/mol. The van der Waals surface area contributed by atoms with Crippen LogP contribution < -0.4 is 0 Å². The summed E-state index contributed by atoms with van der Waals surface area (Å²) in [5.74, 6) is 0.857. The van der Waals surface area contributed by atoms with Crippen LogP contribution in [0.25, 0.3) is 10.7 Å². The minimum absolute atomic E-state index is 0.0415. The second kappa shape index (κ2) is 7.62. The fourth-order valence-electron chi connectivity index (χ4n) is 3.57. The lowest BCUT2D eigenvalue weighted by molar-refractivity contribution is -0.150. The highest BCUT2D eigenvalue weighted by molar-refractivity contribution is 7.71. The van der Waals surface area contributed by atoms with Gasteiger partial charge in [-0.05, 0) is 62.8 Å². The summed E-state index contributed by atoms with van der Waals surface area (Å²) in [6.07, 6.45) is 4.25. The van der Waals surface area contributed by atoms with Gasteiger partial charge in [-0.25, -0.2) is 4.68 Å². The van der Waals surface area contributed by atoms with Crippen LogP contribution in [0.2, 0.25) is 0 Å². The van der Waals surface area contributed by atoms with Crippen molar-refractivity contribution in [1.29, 1.82) is 0 Å². The van der Waals surface area contributed by atoms with Crippen molar-refractivity contribution < 1.29 is 9.53 Å². The molecule has 140 valence electrons. The number of carbonyl (C=O) groups excluding carboxylic acids is 1. The second-order valence-corrected chi connectivity index (χ2v) is 8.31. The van der Waals surface area contributed by atoms with E-state index in [4.69, 9.17) is 22.1 Å². The van der Waals surface area contributed by atoms with E-state index in [0.29, 0.717) is 25.9 Å². The number of ether oxygens (including phenoxy) is 1. The summed E-state index contributed by atoms with van der Waals surface area (Å²) in [5.41, 5.74) is 0. The van der Waals surface area contributed by atoms with Gasteiger partial charge in [-0.2, -0.15) is 0 Å². The van der Waals surface area contributed by atoms with Crippen LogP contribution in [0.3, 0.4) is 0 Å². The molecule has 1 aliphatic heterocycles. The van der Waals surface area contributed by atoms with Gasteiger partial charge in [0, 0.05) is 12.6 Å². The number of esters is 1. The fourth-order valence-corrected chi connectivity index (χ4v) is 4.61. The molecule has 2 aliphatic rings. The molecule has 1 saturated carbocycles. The lowest BCUT2D eigenvalue weighted by Gasteiger charge is -2.31. The Labute approximate surface area is 162 Å². The first-order chi connectivity index (χ1) is 12.7. The van der Waals surface area contributed by atoms with Gasteiger partial charge in [-0.1, -0.05) is 6.07 Å². The normalized spacial score (nSPS) is 21.0. The maximum Gasteiger partial charge on any atom is 0.310 e. The molecule has 1 atom stereocenters. The van der Waals surface area contributed by atoms with Crippen molar-refractivity contribution in [2.24, 2.45) is 5.92 Å². The van der Waals surface area contributed by atoms with Gasteiger partial charge in [0.15, 0.2) is 10.6 Å². The third kappa shape index (κ3) is 3.63. The number of hydrogen-bond acceptors (Lipinski definition) is 6. The van der Waals surface area contributed by atoms with Crippen molar-refractivity contribution in [3.05, 3.63) is 22.3 Å². The van der Waals surface area contributed by atoms with Gasteiger partial charge < -0.3 is 4.74 Å². The Morgan fingerprint density at radius 2 is 2.27 bits per heavy atom. The molecule has 0 radical (unpaired) electrons. The number of likely N-dealkylation sites (tertiary alicyclic amines) is 1. The molecule has 6 nitrogen and oxygen atoms in total. The van der Waals surface area contributed by atoms with Gasteiger partial charge >= 0.3 is 5.97 Å². The summed E-state index contributed by atoms with van der Waals surface area (Å²) in [6, 6.07) is 4.64. The predicted octanol–water partition coefficient (Wildman–Crippen LogP) is 3.71. The predicted molar refractivity (Wildman–Crippen MR) is 104 cm³/mol. The third-order valence-electron chi connectivity index (χ3n) is 4.98. The third-order valence-corrected chi connectivity index (χ3v) is 6.26. The van der Waals surface area contributed by atoms with E-state index in [1.165, 1.54) is 12.8 Å². The highest BCUT2D eigenvalue weighted by Gasteiger charge is 2.31. The summed E-state index contributed by atoms with van der Waals surface area (Å²) in [4.78, 5) is 15.5. The van der Waals surface area contributed by atoms with Crippen molar-refractivity contribution in [1.82, 2.24) is 19.2 Å². The van der Waals surface area contributed by atoms with Gasteiger partial charge in [0.25, 0.3) is 0 Å². The molecule has 8 heteroatoms. The number of carbonyl (C=O) groups is 1. The number of hydrogen-bond donors (Lipinski definition) is 0. The van der Waals surface area contributed by atoms with Crippen LogP contribution in [0.5, 0.6) is 0 Å². The van der Waals surface area contributed by atoms with Crippen LogP contribution in [-0.2, 0) is 16.2 Å². The average molecular weight is 393 g/mol. The zero-order valence-electron chi connectivity index (χ0n) is 15.0. The van der Waals surface area contributed by atoms with E-state index in [2.05, 4.69) is 20.9 Å². The molecule has 0 spiro atoms. The molecule has 26 heavy (non-hydrogen) atoms. The van der Waals surface area contributed by atoms with E-state index in [0.717, 1.165) is 34.9 Å². The van der Waals surface area contributed by atoms with E-state index < -0.39 is 0 Å². The quantitative estimate of drug-likeness (QED) is 0.554. The molecule has 1 aliphatic carbocycles. The Kier molecular flexibility index (Phi) is 5.24. The summed E-state index contributed by atoms with van der Waals surface area (Å²) < 4.78 is 10.1. The summed E-state index contributed by atoms with van der Waals surface area (Å²) in [7, 11) is 0. The first-order valence-corrected chi connectivity index (χ1v) is 10.6. The molecule has 3 heterocycles. The first-order valence-electron chi connectivity index (χ1n) is 9.29. The number of rotatable bonds is 6. The van der Waals surface area contributed by atoms with Gasteiger partial charge in [0.1, 0.15) is 0 Å². The van der Waals surface area contributed by atoms with E-state index in [9.17, 15) is 4.79 Å². The maximum absolute atomic E-state index is 12.1. The van der Waals surface area contributed by atoms with Crippen LogP contribution in [0.1, 0.15) is 38.6 Å². The monoisotopic (exact) mass is 392 g/mol. The minimum atomic E-state index is -0.0800. The molecule has 0 bridgehead atoms. The highest BCUT2D eigenvalue weighted by Crippen LogP contribution is 2.39. The van der Waals surface area contributed by atoms with E-state index >= 15 is 0 Å². The van der Waals surface area contributed by atoms with E-state index in [-0.39, 0.29) is 11.9 Å². The van der Waals surface area contributed by atoms with Crippen molar-refractivity contribution in [3.8, 4) is 10.7 Å². The van der Waals surface area contributed by atoms with Crippen molar-refractivity contribution in [2.75, 3.05) is 19.7 Å². The number of piperidine rings is 1. The van der Waals surface area contributed by atoms with Gasteiger partial charge in [-0.3, -0.25) is 14.3 Å². The highest BCUT2D eigenvalue weighted by atomic mass is 32.1. The Balaban J connectivity index is 1.54. The average Bonchev–Trinajstić information content (AvgIpc) is 3.22. The Hall–Kier alpha value is -1.51. The first kappa shape index (κ1) is 17.9. The molecule has 0 amide bonds. The summed E-state index contributed by atoms with van der Waals surface area (Å²) in [5, 5.41) is 6.91. The molecule has 2 aromatic heterocycles. The van der Waals surface area contributed by atoms with Gasteiger partial charge in [-0.15, -0.1) is 16.4 Å². The van der Waals surface area contributed by atoms with E-state index in [1.54, 1.807) is 11.3 Å². The molecule has 0 unspecified atom stereocenters. The van der Waals surface area contributed by atoms with Crippen molar-refractivity contribution in [2.45, 2.75) is 45.3 Å². The number of thiophene rings is 1. The molecule has 2 aromatic rings.